The molecule has 0 saturated carbocycles. The van der Waals surface area contributed by atoms with E-state index in [1.807, 2.05) is 6.92 Å². The summed E-state index contributed by atoms with van der Waals surface area (Å²) in [5, 5.41) is 0. The number of carbonyl (C=O) groups is 2. The highest BCUT2D eigenvalue weighted by atomic mass is 127. The van der Waals surface area contributed by atoms with Gasteiger partial charge in [-0.15, -0.1) is 0 Å². The van der Waals surface area contributed by atoms with E-state index in [1.54, 1.807) is 25.1 Å². The maximum absolute atomic E-state index is 12.0. The zero-order chi connectivity index (χ0) is 14.3. The summed E-state index contributed by atoms with van der Waals surface area (Å²) >= 11 is 2.09. The summed E-state index contributed by atoms with van der Waals surface area (Å²) in [6.45, 7) is 4.38. The lowest BCUT2D eigenvalue weighted by molar-refractivity contribution is 0.0463. The van der Waals surface area contributed by atoms with Gasteiger partial charge in [-0.3, -0.25) is 0 Å². The van der Waals surface area contributed by atoms with Gasteiger partial charge in [0.2, 0.25) is 0 Å². The van der Waals surface area contributed by atoms with Crippen LogP contribution >= 0.6 is 22.6 Å². The van der Waals surface area contributed by atoms with Gasteiger partial charge in [-0.1, -0.05) is 13.3 Å². The highest BCUT2D eigenvalue weighted by Crippen LogP contribution is 2.16. The number of hydrogen-bond donors (Lipinski definition) is 0. The fraction of sp³-hybridized carbons (Fsp3) is 0.429. The molecule has 1 rings (SSSR count). The summed E-state index contributed by atoms with van der Waals surface area (Å²) in [4.78, 5) is 23.7. The Balaban J connectivity index is 2.93. The number of benzene rings is 1. The Morgan fingerprint density at radius 3 is 2.42 bits per heavy atom. The normalized spacial score (nSPS) is 10.1. The van der Waals surface area contributed by atoms with Crippen LogP contribution in [0.2, 0.25) is 0 Å². The van der Waals surface area contributed by atoms with Gasteiger partial charge in [-0.05, 0) is 54.1 Å². The molecule has 0 heterocycles. The van der Waals surface area contributed by atoms with Crippen LogP contribution in [0, 0.1) is 3.57 Å². The molecule has 0 aromatic heterocycles. The molecule has 0 N–H and O–H groups in total. The zero-order valence-corrected chi connectivity index (χ0v) is 13.2. The minimum atomic E-state index is -0.499. The maximum atomic E-state index is 12.0. The molecular formula is C14H17IO4. The Morgan fingerprint density at radius 2 is 1.79 bits per heavy atom. The van der Waals surface area contributed by atoms with Crippen molar-refractivity contribution in [1.29, 1.82) is 0 Å². The van der Waals surface area contributed by atoms with Crippen LogP contribution in [0.15, 0.2) is 18.2 Å². The van der Waals surface area contributed by atoms with Crippen molar-refractivity contribution in [2.75, 3.05) is 13.2 Å². The third-order valence-electron chi connectivity index (χ3n) is 2.43. The lowest BCUT2D eigenvalue weighted by Gasteiger charge is -2.09. The van der Waals surface area contributed by atoms with E-state index in [0.29, 0.717) is 6.61 Å². The van der Waals surface area contributed by atoms with Crippen LogP contribution in [-0.4, -0.2) is 25.2 Å². The lowest BCUT2D eigenvalue weighted by atomic mass is 10.1. The first-order valence-corrected chi connectivity index (χ1v) is 7.31. The number of halogens is 1. The summed E-state index contributed by atoms with van der Waals surface area (Å²) < 4.78 is 10.9. The molecule has 1 aromatic carbocycles. The smallest absolute Gasteiger partial charge is 0.339 e. The SMILES string of the molecule is CCCCOC(=O)c1cc(I)ccc1C(=O)OCC. The minimum absolute atomic E-state index is 0.253. The molecule has 0 radical (unpaired) electrons. The van der Waals surface area contributed by atoms with E-state index < -0.39 is 11.9 Å². The molecule has 0 aliphatic heterocycles. The third kappa shape index (κ3) is 4.81. The van der Waals surface area contributed by atoms with Gasteiger partial charge in [0.1, 0.15) is 0 Å². The monoisotopic (exact) mass is 376 g/mol. The van der Waals surface area contributed by atoms with E-state index in [2.05, 4.69) is 22.6 Å². The van der Waals surface area contributed by atoms with Gasteiger partial charge >= 0.3 is 11.9 Å². The number of carbonyl (C=O) groups excluding carboxylic acids is 2. The Bertz CT molecular complexity index is 457. The molecule has 0 spiro atoms. The van der Waals surface area contributed by atoms with Gasteiger partial charge in [0.15, 0.2) is 0 Å². The third-order valence-corrected chi connectivity index (χ3v) is 3.10. The number of unbranched alkanes of at least 4 members (excludes halogenated alkanes) is 1. The standard InChI is InChI=1S/C14H17IO4/c1-3-5-8-19-14(17)12-9-10(15)6-7-11(12)13(16)18-4-2/h6-7,9H,3-5,8H2,1-2H3. The first-order valence-electron chi connectivity index (χ1n) is 6.24. The summed E-state index contributed by atoms with van der Waals surface area (Å²) in [7, 11) is 0. The van der Waals surface area contributed by atoms with E-state index in [0.717, 1.165) is 16.4 Å². The lowest BCUT2D eigenvalue weighted by Crippen LogP contribution is -2.14. The molecule has 0 aliphatic rings. The number of hydrogen-bond acceptors (Lipinski definition) is 4. The van der Waals surface area contributed by atoms with Crippen molar-refractivity contribution in [1.82, 2.24) is 0 Å². The van der Waals surface area contributed by atoms with Crippen molar-refractivity contribution in [3.05, 3.63) is 32.9 Å². The van der Waals surface area contributed by atoms with E-state index in [1.165, 1.54) is 0 Å². The Morgan fingerprint density at radius 1 is 1.11 bits per heavy atom. The molecule has 0 fully saturated rings. The Labute approximate surface area is 126 Å². The zero-order valence-electron chi connectivity index (χ0n) is 11.1. The van der Waals surface area contributed by atoms with Gasteiger partial charge in [0.05, 0.1) is 24.3 Å². The van der Waals surface area contributed by atoms with E-state index in [4.69, 9.17) is 9.47 Å². The van der Waals surface area contributed by atoms with Crippen LogP contribution in [0.1, 0.15) is 47.4 Å². The molecule has 0 aliphatic carbocycles. The second-order valence-corrected chi connectivity index (χ2v) is 5.15. The van der Waals surface area contributed by atoms with Crippen molar-refractivity contribution in [2.45, 2.75) is 26.7 Å². The molecule has 0 bridgehead atoms. The average molecular weight is 376 g/mol. The molecular weight excluding hydrogens is 359 g/mol. The summed E-state index contributed by atoms with van der Waals surface area (Å²) in [5.41, 5.74) is 0.519. The van der Waals surface area contributed by atoms with Gasteiger partial charge in [0.25, 0.3) is 0 Å². The molecule has 1 aromatic rings. The van der Waals surface area contributed by atoms with Crippen LogP contribution in [0.3, 0.4) is 0 Å². The quantitative estimate of drug-likeness (QED) is 0.434. The molecule has 0 atom stereocenters. The Kier molecular flexibility index (Phi) is 6.83. The predicted octanol–water partition coefficient (Wildman–Crippen LogP) is 3.42. The van der Waals surface area contributed by atoms with Crippen molar-refractivity contribution >= 4 is 34.5 Å². The van der Waals surface area contributed by atoms with E-state index in [-0.39, 0.29) is 17.7 Å². The number of rotatable bonds is 6. The van der Waals surface area contributed by atoms with E-state index in [9.17, 15) is 9.59 Å². The van der Waals surface area contributed by atoms with Crippen LogP contribution in [0.4, 0.5) is 0 Å². The molecule has 0 amide bonds. The molecule has 19 heavy (non-hydrogen) atoms. The van der Waals surface area contributed by atoms with Crippen molar-refractivity contribution in [3.8, 4) is 0 Å². The first-order chi connectivity index (χ1) is 9.10. The largest absolute Gasteiger partial charge is 0.462 e. The molecule has 4 nitrogen and oxygen atoms in total. The van der Waals surface area contributed by atoms with Crippen LogP contribution in [0.5, 0.6) is 0 Å². The van der Waals surface area contributed by atoms with E-state index >= 15 is 0 Å². The Hall–Kier alpha value is -1.11. The fourth-order valence-electron chi connectivity index (χ4n) is 1.46. The summed E-state index contributed by atoms with van der Waals surface area (Å²) in [6, 6.07) is 4.99. The topological polar surface area (TPSA) is 52.6 Å². The second kappa shape index (κ2) is 8.14. The molecule has 5 heteroatoms. The number of esters is 2. The molecule has 0 unspecified atom stereocenters. The summed E-state index contributed by atoms with van der Waals surface area (Å²) in [5.74, 6) is -0.976. The maximum Gasteiger partial charge on any atom is 0.339 e. The minimum Gasteiger partial charge on any atom is -0.462 e. The first kappa shape index (κ1) is 15.9. The highest BCUT2D eigenvalue weighted by Gasteiger charge is 2.19. The highest BCUT2D eigenvalue weighted by molar-refractivity contribution is 14.1. The van der Waals surface area contributed by atoms with Crippen molar-refractivity contribution in [2.24, 2.45) is 0 Å². The predicted molar refractivity (Wildman–Crippen MR) is 80.3 cm³/mol. The van der Waals surface area contributed by atoms with Crippen LogP contribution < -0.4 is 0 Å². The van der Waals surface area contributed by atoms with Crippen LogP contribution in [0.25, 0.3) is 0 Å². The molecule has 104 valence electrons. The average Bonchev–Trinajstić information content (AvgIpc) is 2.39. The van der Waals surface area contributed by atoms with Gasteiger partial charge in [0, 0.05) is 3.57 Å². The van der Waals surface area contributed by atoms with Gasteiger partial charge < -0.3 is 9.47 Å². The van der Waals surface area contributed by atoms with Gasteiger partial charge in [-0.2, -0.15) is 0 Å². The second-order valence-electron chi connectivity index (χ2n) is 3.90. The van der Waals surface area contributed by atoms with Crippen molar-refractivity contribution in [3.63, 3.8) is 0 Å². The molecule has 0 saturated heterocycles. The van der Waals surface area contributed by atoms with Crippen molar-refractivity contribution < 1.29 is 19.1 Å². The fourth-order valence-corrected chi connectivity index (χ4v) is 1.95. The summed E-state index contributed by atoms with van der Waals surface area (Å²) in [6.07, 6.45) is 1.76. The van der Waals surface area contributed by atoms with Gasteiger partial charge in [-0.25, -0.2) is 9.59 Å². The number of ether oxygens (including phenoxy) is 2. The van der Waals surface area contributed by atoms with Crippen LogP contribution in [-0.2, 0) is 9.47 Å².